The van der Waals surface area contributed by atoms with E-state index in [1.54, 1.807) is 0 Å². The summed E-state index contributed by atoms with van der Waals surface area (Å²) in [5.41, 5.74) is 13.8. The number of aromatic nitrogens is 2. The summed E-state index contributed by atoms with van der Waals surface area (Å²) in [5, 5.41) is 4.71. The summed E-state index contributed by atoms with van der Waals surface area (Å²) < 4.78 is 6.05. The van der Waals surface area contributed by atoms with Crippen molar-refractivity contribution < 1.29 is 4.42 Å². The van der Waals surface area contributed by atoms with E-state index in [9.17, 15) is 0 Å². The number of allylic oxidation sites excluding steroid dienone is 2. The van der Waals surface area contributed by atoms with Crippen LogP contribution in [-0.2, 0) is 0 Å². The summed E-state index contributed by atoms with van der Waals surface area (Å²) in [6.45, 7) is 11.2. The highest BCUT2D eigenvalue weighted by Crippen LogP contribution is 2.39. The van der Waals surface area contributed by atoms with Crippen molar-refractivity contribution in [2.75, 3.05) is 0 Å². The van der Waals surface area contributed by atoms with Crippen LogP contribution >= 0.6 is 0 Å². The molecule has 2 heterocycles. The summed E-state index contributed by atoms with van der Waals surface area (Å²) in [5.74, 6) is 0.558. The molecule has 0 bridgehead atoms. The molecular weight excluding hydrogens is 657 g/mol. The fourth-order valence-corrected chi connectivity index (χ4v) is 7.18. The van der Waals surface area contributed by atoms with Crippen LogP contribution in [0, 0.1) is 6.92 Å². The van der Waals surface area contributed by atoms with Gasteiger partial charge in [-0.3, -0.25) is 0 Å². The Morgan fingerprint density at radius 2 is 1.26 bits per heavy atom. The number of oxazole rings is 1. The summed E-state index contributed by atoms with van der Waals surface area (Å²) >= 11 is 0. The van der Waals surface area contributed by atoms with Gasteiger partial charge in [-0.1, -0.05) is 141 Å². The number of fused-ring (bicyclic) bond motifs is 3. The van der Waals surface area contributed by atoms with Gasteiger partial charge in [-0.25, -0.2) is 4.98 Å². The van der Waals surface area contributed by atoms with Gasteiger partial charge in [0.2, 0.25) is 5.89 Å². The monoisotopic (exact) mass is 692 g/mol. The summed E-state index contributed by atoms with van der Waals surface area (Å²) in [7, 11) is 0. The molecule has 0 radical (unpaired) electrons. The van der Waals surface area contributed by atoms with E-state index in [1.165, 1.54) is 16.2 Å². The maximum absolute atomic E-state index is 6.05. The van der Waals surface area contributed by atoms with Crippen molar-refractivity contribution in [3.05, 3.63) is 211 Å². The van der Waals surface area contributed by atoms with E-state index in [1.807, 2.05) is 25.1 Å². The lowest BCUT2D eigenvalue weighted by atomic mass is 9.86. The normalized spacial score (nSPS) is 11.5. The molecule has 9 aromatic rings. The fraction of sp³-hybridized carbons (Fsp3) is 0.0196. The third-order valence-corrected chi connectivity index (χ3v) is 10.1. The maximum atomic E-state index is 6.05. The smallest absolute Gasteiger partial charge is 0.228 e. The van der Waals surface area contributed by atoms with Crippen molar-refractivity contribution >= 4 is 50.0 Å². The number of nitrogens with zero attached hydrogens (tertiary/aromatic N) is 2. The van der Waals surface area contributed by atoms with Gasteiger partial charge in [-0.15, -0.1) is 0 Å². The summed E-state index contributed by atoms with van der Waals surface area (Å²) in [4.78, 5) is 9.17. The quantitative estimate of drug-likeness (QED) is 0.149. The van der Waals surface area contributed by atoms with E-state index in [0.717, 1.165) is 72.3 Å². The van der Waals surface area contributed by atoms with E-state index in [0.29, 0.717) is 17.1 Å². The molecule has 3 nitrogen and oxygen atoms in total. The third kappa shape index (κ3) is 6.33. The molecule has 0 fully saturated rings. The molecule has 0 atom stereocenters. The van der Waals surface area contributed by atoms with E-state index in [4.69, 9.17) is 11.0 Å². The molecule has 0 aliphatic heterocycles. The topological polar surface area (TPSA) is 38.9 Å². The Morgan fingerprint density at radius 1 is 0.556 bits per heavy atom. The highest BCUT2D eigenvalue weighted by atomic mass is 16.3. The molecule has 0 spiro atoms. The van der Waals surface area contributed by atoms with Crippen LogP contribution in [0.1, 0.15) is 27.9 Å². The van der Waals surface area contributed by atoms with Crippen LogP contribution in [0.15, 0.2) is 187 Å². The SMILES string of the molecule is C=C(c1ccc2ccccc2c1)c1cc(-c2ccc(-c3nc4nc(C)ccc4o3)cc2)ccc1-c1cc(C(=C)/C=C\c2ccccc2)c2ccccc2c1. The molecule has 2 aromatic heterocycles. The van der Waals surface area contributed by atoms with Gasteiger partial charge >= 0.3 is 0 Å². The lowest BCUT2D eigenvalue weighted by Crippen LogP contribution is -1.95. The van der Waals surface area contributed by atoms with Crippen LogP contribution in [0.25, 0.3) is 83.7 Å². The lowest BCUT2D eigenvalue weighted by molar-refractivity contribution is 0.619. The van der Waals surface area contributed by atoms with Crippen LogP contribution < -0.4 is 0 Å². The predicted octanol–water partition coefficient (Wildman–Crippen LogP) is 13.6. The number of hydrogen-bond donors (Lipinski definition) is 0. The largest absolute Gasteiger partial charge is 0.434 e. The van der Waals surface area contributed by atoms with Crippen molar-refractivity contribution in [3.8, 4) is 33.7 Å². The average Bonchev–Trinajstić information content (AvgIpc) is 3.65. The first kappa shape index (κ1) is 32.8. The van der Waals surface area contributed by atoms with Gasteiger partial charge in [-0.05, 0) is 133 Å². The number of rotatable bonds is 8. The van der Waals surface area contributed by atoms with Crippen LogP contribution in [-0.4, -0.2) is 9.97 Å². The lowest BCUT2D eigenvalue weighted by Gasteiger charge is -2.18. The zero-order valence-electron chi connectivity index (χ0n) is 30.0. The zero-order chi connectivity index (χ0) is 36.6. The van der Waals surface area contributed by atoms with Gasteiger partial charge in [0, 0.05) is 11.3 Å². The second-order valence-corrected chi connectivity index (χ2v) is 13.7. The van der Waals surface area contributed by atoms with Crippen LogP contribution in [0.5, 0.6) is 0 Å². The predicted molar refractivity (Wildman–Crippen MR) is 227 cm³/mol. The number of hydrogen-bond acceptors (Lipinski definition) is 3. The van der Waals surface area contributed by atoms with Crippen molar-refractivity contribution in [1.29, 1.82) is 0 Å². The standard InChI is InChI=1S/C51H36N2O/c1-33(17-19-36-11-5-4-6-12-36)47-32-44(30-43-15-9-10-16-45(43)47)46-27-26-42(31-48(46)35(3)40-25-22-37-13-7-8-14-41(37)29-40)38-20-23-39(24-21-38)51-53-50-49(54-51)28-18-34(2)52-50/h4-32H,1,3H2,2H3/b19-17-. The molecule has 0 aliphatic carbocycles. The zero-order valence-corrected chi connectivity index (χ0v) is 30.0. The molecule has 9 rings (SSSR count). The minimum Gasteiger partial charge on any atom is -0.434 e. The van der Waals surface area contributed by atoms with Gasteiger partial charge in [-0.2, -0.15) is 4.98 Å². The van der Waals surface area contributed by atoms with Gasteiger partial charge in [0.05, 0.1) is 0 Å². The van der Waals surface area contributed by atoms with Crippen molar-refractivity contribution in [2.45, 2.75) is 6.92 Å². The Bertz CT molecular complexity index is 2910. The van der Waals surface area contributed by atoms with E-state index in [2.05, 4.69) is 174 Å². The number of pyridine rings is 1. The van der Waals surface area contributed by atoms with E-state index < -0.39 is 0 Å². The van der Waals surface area contributed by atoms with Gasteiger partial charge in [0.15, 0.2) is 11.2 Å². The van der Waals surface area contributed by atoms with Crippen molar-refractivity contribution in [1.82, 2.24) is 9.97 Å². The molecule has 0 aliphatic rings. The summed E-state index contributed by atoms with van der Waals surface area (Å²) in [6.07, 6.45) is 4.24. The molecule has 3 heteroatoms. The molecule has 0 unspecified atom stereocenters. The Kier molecular flexibility index (Phi) is 8.38. The number of aryl methyl sites for hydroxylation is 1. The first-order chi connectivity index (χ1) is 26.5. The van der Waals surface area contributed by atoms with Crippen molar-refractivity contribution in [3.63, 3.8) is 0 Å². The Labute approximate surface area is 314 Å². The molecule has 0 saturated carbocycles. The second-order valence-electron chi connectivity index (χ2n) is 13.7. The van der Waals surface area contributed by atoms with Crippen LogP contribution in [0.3, 0.4) is 0 Å². The Morgan fingerprint density at radius 3 is 2.09 bits per heavy atom. The molecule has 54 heavy (non-hydrogen) atoms. The molecule has 0 N–H and O–H groups in total. The second kappa shape index (κ2) is 13.8. The molecule has 256 valence electrons. The molecule has 0 saturated heterocycles. The van der Waals surface area contributed by atoms with Gasteiger partial charge < -0.3 is 4.42 Å². The van der Waals surface area contributed by atoms with Crippen LogP contribution in [0.4, 0.5) is 0 Å². The molecule has 7 aromatic carbocycles. The highest BCUT2D eigenvalue weighted by molar-refractivity contribution is 6.01. The first-order valence-electron chi connectivity index (χ1n) is 18.1. The third-order valence-electron chi connectivity index (χ3n) is 10.1. The van der Waals surface area contributed by atoms with Gasteiger partial charge in [0.25, 0.3) is 0 Å². The highest BCUT2D eigenvalue weighted by Gasteiger charge is 2.16. The minimum absolute atomic E-state index is 0.558. The molecule has 0 amide bonds. The maximum Gasteiger partial charge on any atom is 0.228 e. The minimum atomic E-state index is 0.558. The Balaban J connectivity index is 1.15. The number of benzene rings is 7. The Hall–Kier alpha value is -7.10. The summed E-state index contributed by atoms with van der Waals surface area (Å²) in [6, 6.07) is 57.4. The van der Waals surface area contributed by atoms with E-state index in [-0.39, 0.29) is 0 Å². The van der Waals surface area contributed by atoms with Gasteiger partial charge in [0.1, 0.15) is 0 Å². The van der Waals surface area contributed by atoms with E-state index >= 15 is 0 Å². The fourth-order valence-electron chi connectivity index (χ4n) is 7.18. The average molecular weight is 693 g/mol. The van der Waals surface area contributed by atoms with Crippen molar-refractivity contribution in [2.24, 2.45) is 0 Å². The molecular formula is C51H36N2O. The first-order valence-corrected chi connectivity index (χ1v) is 18.1. The van der Waals surface area contributed by atoms with Crippen LogP contribution in [0.2, 0.25) is 0 Å².